The number of fused-ring (bicyclic) bond motifs is 5. The SMILES string of the molecule is CC(CCC(=O)NCC(=O)NCCS(=O)(=O)[O-])C1CCC2C3C(C[C@H](O)C12C)C1(C)CC[C@@H](O)CC1C[C@H]3O.[Na+]. The Morgan fingerprint density at radius 2 is 1.70 bits per heavy atom. The van der Waals surface area contributed by atoms with Crippen LogP contribution in [0.5, 0.6) is 0 Å². The van der Waals surface area contributed by atoms with Crippen LogP contribution in [0.3, 0.4) is 0 Å². The molecular formula is C28H47N2NaO8S. The molecule has 0 spiro atoms. The molecule has 4 aliphatic rings. The molecule has 0 aromatic heterocycles. The minimum Gasteiger partial charge on any atom is -0.748 e. The first-order valence-corrected chi connectivity index (χ1v) is 16.3. The van der Waals surface area contributed by atoms with E-state index in [1.165, 1.54) is 0 Å². The zero-order valence-electron chi connectivity index (χ0n) is 24.5. The molecule has 4 aliphatic carbocycles. The van der Waals surface area contributed by atoms with Crippen LogP contribution in [0.2, 0.25) is 0 Å². The fourth-order valence-electron chi connectivity index (χ4n) is 9.34. The monoisotopic (exact) mass is 594 g/mol. The molecule has 0 heterocycles. The van der Waals surface area contributed by atoms with Gasteiger partial charge in [0.05, 0.1) is 40.7 Å². The van der Waals surface area contributed by atoms with Gasteiger partial charge < -0.3 is 30.5 Å². The third kappa shape index (κ3) is 6.93. The molecule has 2 amide bonds. The van der Waals surface area contributed by atoms with Crippen molar-refractivity contribution in [1.82, 2.24) is 10.6 Å². The van der Waals surface area contributed by atoms with E-state index in [9.17, 15) is 37.9 Å². The molecule has 10 nitrogen and oxygen atoms in total. The van der Waals surface area contributed by atoms with Gasteiger partial charge in [-0.05, 0) is 97.7 Å². The van der Waals surface area contributed by atoms with Crippen LogP contribution >= 0.6 is 0 Å². The van der Waals surface area contributed by atoms with E-state index in [0.717, 1.165) is 38.5 Å². The molecule has 4 fully saturated rings. The van der Waals surface area contributed by atoms with Crippen molar-refractivity contribution < 1.29 is 67.4 Å². The van der Waals surface area contributed by atoms with Gasteiger partial charge in [0.15, 0.2) is 0 Å². The van der Waals surface area contributed by atoms with Crippen LogP contribution in [-0.4, -0.2) is 77.3 Å². The molecule has 0 saturated heterocycles. The van der Waals surface area contributed by atoms with Gasteiger partial charge in [0, 0.05) is 13.0 Å². The largest absolute Gasteiger partial charge is 1.00 e. The van der Waals surface area contributed by atoms with Crippen LogP contribution in [0.4, 0.5) is 0 Å². The van der Waals surface area contributed by atoms with Crippen molar-refractivity contribution in [2.45, 2.75) is 96.9 Å². The van der Waals surface area contributed by atoms with E-state index in [1.807, 2.05) is 0 Å². The molecule has 0 aromatic carbocycles. The van der Waals surface area contributed by atoms with Crippen LogP contribution < -0.4 is 40.2 Å². The summed E-state index contributed by atoms with van der Waals surface area (Å²) in [4.78, 5) is 24.2. The topological polar surface area (TPSA) is 176 Å². The number of amides is 2. The molecule has 8 unspecified atom stereocenters. The van der Waals surface area contributed by atoms with Crippen molar-refractivity contribution in [3.8, 4) is 0 Å². The van der Waals surface area contributed by atoms with Crippen molar-refractivity contribution in [3.05, 3.63) is 0 Å². The standard InChI is InChI=1S/C28H48N2O8S.Na/c1-16(4-7-24(34)30-15-25(35)29-10-11-39(36,37)38)19-5-6-20-26-21(14-23(33)28(19,20)3)27(2)9-8-18(31)12-17(27)13-22(26)32;/h16-23,26,31-33H,4-15H2,1-3H3,(H,29,35)(H,30,34)(H,36,37,38);/q;+1/p-1/t16?,17?,18-,19?,20?,21?,22-,23+,26?,27?,28?;/m1./s1. The van der Waals surface area contributed by atoms with Crippen LogP contribution in [0.15, 0.2) is 0 Å². The number of carbonyl (C=O) groups is 2. The minimum atomic E-state index is -4.41. The van der Waals surface area contributed by atoms with Crippen LogP contribution in [0.25, 0.3) is 0 Å². The summed E-state index contributed by atoms with van der Waals surface area (Å²) in [6.07, 6.45) is 5.39. The predicted molar refractivity (Wildman–Crippen MR) is 143 cm³/mol. The molecule has 5 N–H and O–H groups in total. The molecule has 0 radical (unpaired) electrons. The van der Waals surface area contributed by atoms with Gasteiger partial charge in [-0.2, -0.15) is 0 Å². The van der Waals surface area contributed by atoms with Crippen LogP contribution in [-0.2, 0) is 19.7 Å². The average molecular weight is 595 g/mol. The van der Waals surface area contributed by atoms with Crippen molar-refractivity contribution in [2.24, 2.45) is 46.3 Å². The van der Waals surface area contributed by atoms with Gasteiger partial charge in [0.1, 0.15) is 0 Å². The first kappa shape index (κ1) is 34.2. The second kappa shape index (κ2) is 13.2. The number of aliphatic hydroxyl groups is 3. The number of hydrogen-bond donors (Lipinski definition) is 5. The van der Waals surface area contributed by atoms with Gasteiger partial charge in [-0.3, -0.25) is 9.59 Å². The maximum Gasteiger partial charge on any atom is 1.00 e. The number of hydrogen-bond acceptors (Lipinski definition) is 8. The molecule has 0 aliphatic heterocycles. The molecular weight excluding hydrogens is 547 g/mol. The van der Waals surface area contributed by atoms with Gasteiger partial charge in [-0.25, -0.2) is 8.42 Å². The van der Waals surface area contributed by atoms with Gasteiger partial charge in [0.2, 0.25) is 11.8 Å². The maximum absolute atomic E-state index is 12.4. The smallest absolute Gasteiger partial charge is 0.748 e. The quantitative estimate of drug-likeness (QED) is 0.153. The van der Waals surface area contributed by atoms with E-state index >= 15 is 0 Å². The molecule has 12 heteroatoms. The average Bonchev–Trinajstić information content (AvgIpc) is 3.20. The summed E-state index contributed by atoms with van der Waals surface area (Å²) in [6.45, 7) is 6.05. The molecule has 224 valence electrons. The second-order valence-electron chi connectivity index (χ2n) is 13.4. The Balaban J connectivity index is 0.00000441. The second-order valence-corrected chi connectivity index (χ2v) is 15.0. The van der Waals surface area contributed by atoms with Gasteiger partial charge >= 0.3 is 29.6 Å². The summed E-state index contributed by atoms with van der Waals surface area (Å²) < 4.78 is 31.9. The van der Waals surface area contributed by atoms with E-state index in [-0.39, 0.29) is 107 Å². The number of nitrogens with one attached hydrogen (secondary N) is 2. The third-order valence-electron chi connectivity index (χ3n) is 11.5. The molecule has 40 heavy (non-hydrogen) atoms. The summed E-state index contributed by atoms with van der Waals surface area (Å²) in [7, 11) is -4.41. The Hall–Kier alpha value is -0.270. The van der Waals surface area contributed by atoms with Gasteiger partial charge in [0.25, 0.3) is 0 Å². The fourth-order valence-corrected chi connectivity index (χ4v) is 9.69. The van der Waals surface area contributed by atoms with Crippen molar-refractivity contribution in [3.63, 3.8) is 0 Å². The summed E-state index contributed by atoms with van der Waals surface area (Å²) in [5.74, 6) is -0.259. The van der Waals surface area contributed by atoms with Gasteiger partial charge in [-0.15, -0.1) is 0 Å². The zero-order valence-corrected chi connectivity index (χ0v) is 27.3. The van der Waals surface area contributed by atoms with E-state index in [0.29, 0.717) is 12.8 Å². The normalized spacial score (nSPS) is 41.5. The van der Waals surface area contributed by atoms with E-state index < -0.39 is 34.0 Å². The molecule has 4 saturated carbocycles. The molecule has 0 aromatic rings. The van der Waals surface area contributed by atoms with Crippen molar-refractivity contribution in [2.75, 3.05) is 18.8 Å². The maximum atomic E-state index is 12.4. The van der Waals surface area contributed by atoms with Crippen LogP contribution in [0.1, 0.15) is 78.6 Å². The third-order valence-corrected chi connectivity index (χ3v) is 12.2. The summed E-state index contributed by atoms with van der Waals surface area (Å²) in [5, 5.41) is 38.2. The Morgan fingerprint density at radius 3 is 2.38 bits per heavy atom. The first-order chi connectivity index (χ1) is 18.2. The number of rotatable bonds is 9. The predicted octanol–water partition coefficient (Wildman–Crippen LogP) is -1.85. The number of aliphatic hydroxyl groups excluding tert-OH is 3. The van der Waals surface area contributed by atoms with E-state index in [1.54, 1.807) is 0 Å². The molecule has 0 bridgehead atoms. The molecule has 11 atom stereocenters. The summed E-state index contributed by atoms with van der Waals surface area (Å²) in [6, 6.07) is 0. The fraction of sp³-hybridized carbons (Fsp3) is 0.929. The molecule has 4 rings (SSSR count). The van der Waals surface area contributed by atoms with E-state index in [2.05, 4.69) is 31.4 Å². The summed E-state index contributed by atoms with van der Waals surface area (Å²) in [5.41, 5.74) is -0.306. The van der Waals surface area contributed by atoms with Crippen molar-refractivity contribution >= 4 is 21.9 Å². The van der Waals surface area contributed by atoms with Crippen molar-refractivity contribution in [1.29, 1.82) is 0 Å². The number of carbonyl (C=O) groups excluding carboxylic acids is 2. The Labute approximate surface area is 260 Å². The van der Waals surface area contributed by atoms with Crippen LogP contribution in [0, 0.1) is 46.3 Å². The minimum absolute atomic E-state index is 0. The first-order valence-electron chi connectivity index (χ1n) is 14.7. The Bertz CT molecular complexity index is 1030. The Morgan fingerprint density at radius 1 is 1.00 bits per heavy atom. The van der Waals surface area contributed by atoms with E-state index in [4.69, 9.17) is 0 Å². The summed E-state index contributed by atoms with van der Waals surface area (Å²) >= 11 is 0. The Kier molecular flexibility index (Phi) is 11.3. The van der Waals surface area contributed by atoms with Gasteiger partial charge in [-0.1, -0.05) is 20.8 Å². The zero-order chi connectivity index (χ0) is 28.8.